The second-order valence-corrected chi connectivity index (χ2v) is 3.01. The highest BCUT2D eigenvalue weighted by Gasteiger charge is 2.26. The van der Waals surface area contributed by atoms with Gasteiger partial charge in [0.1, 0.15) is 6.54 Å². The highest BCUT2D eigenvalue weighted by Crippen LogP contribution is 2.38. The van der Waals surface area contributed by atoms with E-state index in [4.69, 9.17) is 5.11 Å². The smallest absolute Gasteiger partial charge is 0.325 e. The standard InChI is InChI=1S/C7H9N3O2/c11-7(12)4-10-3-6(8-9-10)5-1-2-5/h3,5H,1-2,4H2,(H,11,12). The molecule has 1 aliphatic rings. The van der Waals surface area contributed by atoms with E-state index in [2.05, 4.69) is 10.3 Å². The number of rotatable bonds is 3. The fourth-order valence-electron chi connectivity index (χ4n) is 1.10. The van der Waals surface area contributed by atoms with E-state index >= 15 is 0 Å². The van der Waals surface area contributed by atoms with Gasteiger partial charge in [0.25, 0.3) is 0 Å². The second-order valence-electron chi connectivity index (χ2n) is 3.01. The minimum atomic E-state index is -0.887. The molecule has 1 aromatic rings. The maximum Gasteiger partial charge on any atom is 0.325 e. The van der Waals surface area contributed by atoms with Gasteiger partial charge in [-0.3, -0.25) is 4.79 Å². The zero-order chi connectivity index (χ0) is 8.55. The first kappa shape index (κ1) is 7.27. The Morgan fingerprint density at radius 3 is 3.08 bits per heavy atom. The number of nitrogens with zero attached hydrogens (tertiary/aromatic N) is 3. The third kappa shape index (κ3) is 1.44. The number of aliphatic carboxylic acids is 1. The van der Waals surface area contributed by atoms with Crippen molar-refractivity contribution in [3.8, 4) is 0 Å². The second kappa shape index (κ2) is 2.58. The molecule has 0 atom stereocenters. The van der Waals surface area contributed by atoms with Crippen molar-refractivity contribution in [3.63, 3.8) is 0 Å². The maximum atomic E-state index is 10.3. The molecule has 2 rings (SSSR count). The lowest BCUT2D eigenvalue weighted by atomic mass is 10.3. The van der Waals surface area contributed by atoms with E-state index in [9.17, 15) is 4.79 Å². The predicted molar refractivity (Wildman–Crippen MR) is 39.6 cm³/mol. The van der Waals surface area contributed by atoms with Crippen LogP contribution in [0, 0.1) is 0 Å². The summed E-state index contributed by atoms with van der Waals surface area (Å²) in [7, 11) is 0. The molecule has 12 heavy (non-hydrogen) atoms. The van der Waals surface area contributed by atoms with Crippen molar-refractivity contribution in [2.75, 3.05) is 0 Å². The summed E-state index contributed by atoms with van der Waals surface area (Å²) in [5.41, 5.74) is 0.927. The van der Waals surface area contributed by atoms with Crippen molar-refractivity contribution in [2.45, 2.75) is 25.3 Å². The molecular weight excluding hydrogens is 158 g/mol. The Morgan fingerprint density at radius 1 is 1.75 bits per heavy atom. The number of aromatic nitrogens is 3. The number of hydrogen-bond acceptors (Lipinski definition) is 3. The molecule has 0 radical (unpaired) electrons. The molecule has 1 saturated carbocycles. The lowest BCUT2D eigenvalue weighted by Crippen LogP contribution is -2.08. The first-order valence-electron chi connectivity index (χ1n) is 3.87. The van der Waals surface area contributed by atoms with Gasteiger partial charge in [-0.25, -0.2) is 4.68 Å². The van der Waals surface area contributed by atoms with Crippen molar-refractivity contribution in [1.82, 2.24) is 15.0 Å². The van der Waals surface area contributed by atoms with E-state index in [1.807, 2.05) is 0 Å². The van der Waals surface area contributed by atoms with Gasteiger partial charge in [0.05, 0.1) is 5.69 Å². The molecule has 0 saturated heterocycles. The molecule has 5 heteroatoms. The monoisotopic (exact) mass is 167 g/mol. The molecule has 0 aromatic carbocycles. The topological polar surface area (TPSA) is 68.0 Å². The zero-order valence-corrected chi connectivity index (χ0v) is 6.47. The normalized spacial score (nSPS) is 16.3. The molecule has 1 heterocycles. The van der Waals surface area contributed by atoms with E-state index in [1.54, 1.807) is 6.20 Å². The van der Waals surface area contributed by atoms with Gasteiger partial charge in [0.2, 0.25) is 0 Å². The fourth-order valence-corrected chi connectivity index (χ4v) is 1.10. The van der Waals surface area contributed by atoms with Gasteiger partial charge < -0.3 is 5.11 Å². The molecule has 64 valence electrons. The average Bonchev–Trinajstić information content (AvgIpc) is 2.73. The molecule has 0 spiro atoms. The van der Waals surface area contributed by atoms with Gasteiger partial charge in [0.15, 0.2) is 0 Å². The number of carbonyl (C=O) groups is 1. The Bertz CT molecular complexity index is 303. The van der Waals surface area contributed by atoms with Crippen molar-refractivity contribution in [2.24, 2.45) is 0 Å². The Labute approximate surface area is 69.0 Å². The van der Waals surface area contributed by atoms with Crippen molar-refractivity contribution in [1.29, 1.82) is 0 Å². The molecule has 0 amide bonds. The van der Waals surface area contributed by atoms with E-state index in [1.165, 1.54) is 4.68 Å². The maximum absolute atomic E-state index is 10.3. The Morgan fingerprint density at radius 2 is 2.50 bits per heavy atom. The first-order chi connectivity index (χ1) is 5.75. The Balaban J connectivity index is 2.07. The van der Waals surface area contributed by atoms with Crippen LogP contribution >= 0.6 is 0 Å². The molecule has 1 N–H and O–H groups in total. The molecule has 0 unspecified atom stereocenters. The number of hydrogen-bond donors (Lipinski definition) is 1. The summed E-state index contributed by atoms with van der Waals surface area (Å²) in [4.78, 5) is 10.3. The van der Waals surface area contributed by atoms with Crippen LogP contribution in [-0.4, -0.2) is 26.1 Å². The Kier molecular flexibility index (Phi) is 1.56. The van der Waals surface area contributed by atoms with Crippen LogP contribution in [0.15, 0.2) is 6.20 Å². The highest BCUT2D eigenvalue weighted by atomic mass is 16.4. The number of carboxylic acids is 1. The van der Waals surface area contributed by atoms with Crippen LogP contribution in [0.5, 0.6) is 0 Å². The van der Waals surface area contributed by atoms with E-state index < -0.39 is 5.97 Å². The lowest BCUT2D eigenvalue weighted by Gasteiger charge is -1.90. The molecule has 1 fully saturated rings. The molecule has 1 aromatic heterocycles. The molecule has 1 aliphatic carbocycles. The van der Waals surface area contributed by atoms with E-state index in [0.717, 1.165) is 18.5 Å². The minimum Gasteiger partial charge on any atom is -0.480 e. The summed E-state index contributed by atoms with van der Waals surface area (Å²) in [6, 6.07) is 0. The summed E-state index contributed by atoms with van der Waals surface area (Å²) >= 11 is 0. The summed E-state index contributed by atoms with van der Waals surface area (Å²) in [5, 5.41) is 16.0. The van der Waals surface area contributed by atoms with E-state index in [-0.39, 0.29) is 6.54 Å². The van der Waals surface area contributed by atoms with Crippen molar-refractivity contribution >= 4 is 5.97 Å². The molecular formula is C7H9N3O2. The first-order valence-corrected chi connectivity index (χ1v) is 3.87. The summed E-state index contributed by atoms with van der Waals surface area (Å²) in [5.74, 6) is -0.352. The van der Waals surface area contributed by atoms with Gasteiger partial charge in [-0.15, -0.1) is 5.10 Å². The van der Waals surface area contributed by atoms with Crippen LogP contribution in [0.25, 0.3) is 0 Å². The molecule has 0 aliphatic heterocycles. The molecule has 0 bridgehead atoms. The average molecular weight is 167 g/mol. The molecule has 5 nitrogen and oxygen atoms in total. The van der Waals surface area contributed by atoms with Crippen LogP contribution in [0.2, 0.25) is 0 Å². The third-order valence-electron chi connectivity index (χ3n) is 1.85. The van der Waals surface area contributed by atoms with Gasteiger partial charge in [-0.05, 0) is 12.8 Å². The van der Waals surface area contributed by atoms with Crippen LogP contribution in [0.1, 0.15) is 24.5 Å². The minimum absolute atomic E-state index is 0.0975. The van der Waals surface area contributed by atoms with Gasteiger partial charge >= 0.3 is 5.97 Å². The van der Waals surface area contributed by atoms with E-state index in [0.29, 0.717) is 5.92 Å². The number of carboxylic acid groups (broad SMARTS) is 1. The van der Waals surface area contributed by atoms with Gasteiger partial charge in [0, 0.05) is 12.1 Å². The zero-order valence-electron chi connectivity index (χ0n) is 6.47. The fraction of sp³-hybridized carbons (Fsp3) is 0.571. The van der Waals surface area contributed by atoms with Crippen molar-refractivity contribution in [3.05, 3.63) is 11.9 Å². The lowest BCUT2D eigenvalue weighted by molar-refractivity contribution is -0.137. The largest absolute Gasteiger partial charge is 0.480 e. The SMILES string of the molecule is O=C(O)Cn1cc(C2CC2)nn1. The predicted octanol–water partition coefficient (Wildman–Crippen LogP) is 0.240. The Hall–Kier alpha value is -1.39. The van der Waals surface area contributed by atoms with Gasteiger partial charge in [-0.1, -0.05) is 5.21 Å². The van der Waals surface area contributed by atoms with Crippen LogP contribution in [0.4, 0.5) is 0 Å². The summed E-state index contributed by atoms with van der Waals surface area (Å²) in [6.45, 7) is -0.0975. The van der Waals surface area contributed by atoms with Crippen LogP contribution in [0.3, 0.4) is 0 Å². The third-order valence-corrected chi connectivity index (χ3v) is 1.85. The summed E-state index contributed by atoms with van der Waals surface area (Å²) in [6.07, 6.45) is 4.03. The van der Waals surface area contributed by atoms with Gasteiger partial charge in [-0.2, -0.15) is 0 Å². The summed E-state index contributed by atoms with van der Waals surface area (Å²) < 4.78 is 1.36. The highest BCUT2D eigenvalue weighted by molar-refractivity contribution is 5.66. The van der Waals surface area contributed by atoms with Crippen molar-refractivity contribution < 1.29 is 9.90 Å². The van der Waals surface area contributed by atoms with Crippen LogP contribution in [-0.2, 0) is 11.3 Å². The quantitative estimate of drug-likeness (QED) is 0.700. The van der Waals surface area contributed by atoms with Crippen LogP contribution < -0.4 is 0 Å².